The van der Waals surface area contributed by atoms with Crippen LogP contribution in [-0.4, -0.2) is 25.8 Å². The number of carbonyl (C=O) groups is 1. The van der Waals surface area contributed by atoms with E-state index in [2.05, 4.69) is 17.6 Å². The first-order valence-electron chi connectivity index (χ1n) is 7.12. The number of nitrogens with one attached hydrogen (secondary N) is 2. The van der Waals surface area contributed by atoms with E-state index in [-0.39, 0.29) is 6.04 Å². The molecule has 0 aliphatic carbocycles. The Bertz CT molecular complexity index is 427. The van der Waals surface area contributed by atoms with E-state index >= 15 is 0 Å². The van der Waals surface area contributed by atoms with Crippen LogP contribution in [0, 0.1) is 5.92 Å². The molecule has 5 heteroatoms. The van der Waals surface area contributed by atoms with Gasteiger partial charge in [0.25, 0.3) is 0 Å². The molecular weight excluding hydrogens is 254 g/mol. The number of hydrogen-bond donors (Lipinski definition) is 3. The van der Waals surface area contributed by atoms with E-state index in [0.717, 1.165) is 26.2 Å². The summed E-state index contributed by atoms with van der Waals surface area (Å²) < 4.78 is 5.48. The number of carbonyl (C=O) groups excluding carboxylic acids is 1. The molecule has 1 fully saturated rings. The van der Waals surface area contributed by atoms with Crippen molar-refractivity contribution in [2.75, 3.05) is 25.1 Å². The number of urea groups is 1. The van der Waals surface area contributed by atoms with E-state index in [1.807, 2.05) is 24.3 Å². The van der Waals surface area contributed by atoms with Crippen LogP contribution < -0.4 is 16.4 Å². The molecule has 1 aliphatic rings. The van der Waals surface area contributed by atoms with Gasteiger partial charge < -0.3 is 21.1 Å². The molecule has 0 saturated carbocycles. The fourth-order valence-electron chi connectivity index (χ4n) is 2.43. The first-order valence-corrected chi connectivity index (χ1v) is 7.12. The van der Waals surface area contributed by atoms with Crippen molar-refractivity contribution in [3.8, 4) is 0 Å². The summed E-state index contributed by atoms with van der Waals surface area (Å²) in [4.78, 5) is 10.8. The highest BCUT2D eigenvalue weighted by molar-refractivity contribution is 5.87. The maximum Gasteiger partial charge on any atom is 0.316 e. The van der Waals surface area contributed by atoms with Gasteiger partial charge in [-0.3, -0.25) is 0 Å². The number of amides is 2. The van der Waals surface area contributed by atoms with E-state index < -0.39 is 6.03 Å². The monoisotopic (exact) mass is 277 g/mol. The Morgan fingerprint density at radius 2 is 2.20 bits per heavy atom. The van der Waals surface area contributed by atoms with Gasteiger partial charge in [0.2, 0.25) is 0 Å². The number of nitrogens with two attached hydrogens (primary N) is 1. The van der Waals surface area contributed by atoms with Crippen LogP contribution in [0.15, 0.2) is 24.3 Å². The summed E-state index contributed by atoms with van der Waals surface area (Å²) in [5.74, 6) is 0.613. The van der Waals surface area contributed by atoms with Crippen molar-refractivity contribution in [3.05, 3.63) is 29.8 Å². The number of rotatable bonds is 5. The highest BCUT2D eigenvalue weighted by atomic mass is 16.5. The van der Waals surface area contributed by atoms with Gasteiger partial charge >= 0.3 is 6.03 Å². The average Bonchev–Trinajstić information content (AvgIpc) is 2.46. The van der Waals surface area contributed by atoms with Crippen molar-refractivity contribution in [1.29, 1.82) is 0 Å². The van der Waals surface area contributed by atoms with Gasteiger partial charge in [0.1, 0.15) is 0 Å². The third-order valence-electron chi connectivity index (χ3n) is 3.65. The molecule has 2 amide bonds. The van der Waals surface area contributed by atoms with Crippen molar-refractivity contribution in [2.24, 2.45) is 11.7 Å². The smallest absolute Gasteiger partial charge is 0.316 e. The average molecular weight is 277 g/mol. The second kappa shape index (κ2) is 7.26. The largest absolute Gasteiger partial charge is 0.381 e. The van der Waals surface area contributed by atoms with Gasteiger partial charge in [0.05, 0.1) is 6.61 Å². The summed E-state index contributed by atoms with van der Waals surface area (Å²) in [5.41, 5.74) is 6.99. The lowest BCUT2D eigenvalue weighted by atomic mass is 10.0. The zero-order valence-electron chi connectivity index (χ0n) is 11.9. The van der Waals surface area contributed by atoms with Crippen LogP contribution in [0.5, 0.6) is 0 Å². The summed E-state index contributed by atoms with van der Waals surface area (Å²) in [7, 11) is 0. The van der Waals surface area contributed by atoms with E-state index in [9.17, 15) is 4.79 Å². The molecule has 1 saturated heterocycles. The maximum atomic E-state index is 10.8. The van der Waals surface area contributed by atoms with Crippen molar-refractivity contribution in [2.45, 2.75) is 25.8 Å². The minimum absolute atomic E-state index is 0.277. The number of primary amides is 1. The summed E-state index contributed by atoms with van der Waals surface area (Å²) >= 11 is 0. The molecule has 0 spiro atoms. The number of anilines is 1. The topological polar surface area (TPSA) is 76.4 Å². The fraction of sp³-hybridized carbons (Fsp3) is 0.533. The second-order valence-corrected chi connectivity index (χ2v) is 5.32. The molecule has 0 aromatic heterocycles. The van der Waals surface area contributed by atoms with E-state index in [1.54, 1.807) is 0 Å². The quantitative estimate of drug-likeness (QED) is 0.772. The van der Waals surface area contributed by atoms with Crippen LogP contribution in [-0.2, 0) is 4.74 Å². The predicted octanol–water partition coefficient (Wildman–Crippen LogP) is 2.25. The van der Waals surface area contributed by atoms with Gasteiger partial charge in [-0.25, -0.2) is 4.79 Å². The Kier molecular flexibility index (Phi) is 5.38. The number of benzene rings is 1. The fourth-order valence-corrected chi connectivity index (χ4v) is 2.43. The minimum Gasteiger partial charge on any atom is -0.381 e. The van der Waals surface area contributed by atoms with E-state index in [4.69, 9.17) is 10.5 Å². The number of ether oxygens (including phenoxy) is 1. The summed E-state index contributed by atoms with van der Waals surface area (Å²) in [6.45, 7) is 4.88. The zero-order chi connectivity index (χ0) is 14.4. The molecule has 110 valence electrons. The summed E-state index contributed by atoms with van der Waals surface area (Å²) in [6.07, 6.45) is 2.40. The first kappa shape index (κ1) is 14.8. The minimum atomic E-state index is -0.541. The molecule has 1 heterocycles. The predicted molar refractivity (Wildman–Crippen MR) is 79.6 cm³/mol. The van der Waals surface area contributed by atoms with Crippen molar-refractivity contribution in [1.82, 2.24) is 5.32 Å². The molecule has 1 aromatic carbocycles. The maximum absolute atomic E-state index is 10.8. The van der Waals surface area contributed by atoms with Crippen LogP contribution >= 0.6 is 0 Å². The van der Waals surface area contributed by atoms with Crippen LogP contribution in [0.25, 0.3) is 0 Å². The van der Waals surface area contributed by atoms with Gasteiger partial charge in [-0.15, -0.1) is 0 Å². The molecule has 1 aliphatic heterocycles. The van der Waals surface area contributed by atoms with Crippen molar-refractivity contribution >= 4 is 11.7 Å². The third kappa shape index (κ3) is 4.51. The molecule has 1 aromatic rings. The Morgan fingerprint density at radius 3 is 2.80 bits per heavy atom. The molecule has 0 bridgehead atoms. The first-order chi connectivity index (χ1) is 9.65. The van der Waals surface area contributed by atoms with E-state index in [1.165, 1.54) is 12.0 Å². The summed E-state index contributed by atoms with van der Waals surface area (Å²) in [5, 5.41) is 6.09. The highest BCUT2D eigenvalue weighted by Crippen LogP contribution is 2.18. The van der Waals surface area contributed by atoms with Gasteiger partial charge in [0.15, 0.2) is 0 Å². The standard InChI is InChI=1S/C15H23N3O2/c1-11(17-9-12-3-2-8-20-10-12)13-4-6-14(7-5-13)18-15(16)19/h4-7,11-12,17H,2-3,8-10H2,1H3,(H3,16,18,19). The highest BCUT2D eigenvalue weighted by Gasteiger charge is 2.15. The van der Waals surface area contributed by atoms with Gasteiger partial charge in [-0.05, 0) is 43.4 Å². The molecule has 2 rings (SSSR count). The van der Waals surface area contributed by atoms with Crippen LogP contribution in [0.2, 0.25) is 0 Å². The molecule has 2 atom stereocenters. The van der Waals surface area contributed by atoms with Gasteiger partial charge in [-0.1, -0.05) is 12.1 Å². The SMILES string of the molecule is CC(NCC1CCCOC1)c1ccc(NC(N)=O)cc1. The van der Waals surface area contributed by atoms with Crippen molar-refractivity contribution < 1.29 is 9.53 Å². The van der Waals surface area contributed by atoms with Gasteiger partial charge in [0, 0.05) is 24.9 Å². The molecule has 5 nitrogen and oxygen atoms in total. The molecule has 20 heavy (non-hydrogen) atoms. The van der Waals surface area contributed by atoms with Crippen molar-refractivity contribution in [3.63, 3.8) is 0 Å². The zero-order valence-corrected chi connectivity index (χ0v) is 11.9. The molecule has 2 unspecified atom stereocenters. The Hall–Kier alpha value is -1.59. The summed E-state index contributed by atoms with van der Waals surface area (Å²) in [6, 6.07) is 7.46. The van der Waals surface area contributed by atoms with Gasteiger partial charge in [-0.2, -0.15) is 0 Å². The Morgan fingerprint density at radius 1 is 1.45 bits per heavy atom. The Balaban J connectivity index is 1.82. The Labute approximate surface area is 119 Å². The van der Waals surface area contributed by atoms with Crippen LogP contribution in [0.3, 0.4) is 0 Å². The van der Waals surface area contributed by atoms with Crippen LogP contribution in [0.4, 0.5) is 10.5 Å². The molecular formula is C15H23N3O2. The lowest BCUT2D eigenvalue weighted by Gasteiger charge is -2.24. The molecule has 0 radical (unpaired) electrons. The number of hydrogen-bond acceptors (Lipinski definition) is 3. The third-order valence-corrected chi connectivity index (χ3v) is 3.65. The normalized spacial score (nSPS) is 20.4. The second-order valence-electron chi connectivity index (χ2n) is 5.32. The van der Waals surface area contributed by atoms with Crippen LogP contribution in [0.1, 0.15) is 31.4 Å². The molecule has 4 N–H and O–H groups in total. The van der Waals surface area contributed by atoms with E-state index in [0.29, 0.717) is 11.6 Å². The lowest BCUT2D eigenvalue weighted by Crippen LogP contribution is -2.30. The lowest BCUT2D eigenvalue weighted by molar-refractivity contribution is 0.0540.